The lowest BCUT2D eigenvalue weighted by atomic mass is 9.90. The van der Waals surface area contributed by atoms with Gasteiger partial charge in [0.05, 0.1) is 18.6 Å². The number of aliphatic hydroxyl groups excluding tert-OH is 4. The third kappa shape index (κ3) is 3.49. The number of aromatic nitrogens is 1. The molecule has 4 aromatic rings. The van der Waals surface area contributed by atoms with Crippen LogP contribution in [0.3, 0.4) is 0 Å². The maximum absolute atomic E-state index is 10.7. The van der Waals surface area contributed by atoms with Crippen LogP contribution in [0.5, 0.6) is 0 Å². The molecule has 3 heterocycles. The molecule has 2 aromatic carbocycles. The molecular formula is C23H22BrNO6. The molecular weight excluding hydrogens is 466 g/mol. The molecule has 5 rings (SSSR count). The van der Waals surface area contributed by atoms with E-state index in [4.69, 9.17) is 9.15 Å². The van der Waals surface area contributed by atoms with Gasteiger partial charge in [0.25, 0.3) is 0 Å². The van der Waals surface area contributed by atoms with Gasteiger partial charge in [-0.3, -0.25) is 0 Å². The van der Waals surface area contributed by atoms with E-state index in [1.54, 1.807) is 6.26 Å². The third-order valence-electron chi connectivity index (χ3n) is 5.98. The van der Waals surface area contributed by atoms with Crippen molar-refractivity contribution in [2.75, 3.05) is 6.61 Å². The molecule has 2 aromatic heterocycles. The van der Waals surface area contributed by atoms with Crippen molar-refractivity contribution < 1.29 is 29.6 Å². The largest absolute Gasteiger partial charge is 0.464 e. The summed E-state index contributed by atoms with van der Waals surface area (Å²) >= 11 is 3.63. The fourth-order valence-corrected chi connectivity index (χ4v) is 4.99. The number of hydrogen-bond acceptors (Lipinski definition) is 6. The normalized spacial score (nSPS) is 26.7. The van der Waals surface area contributed by atoms with Gasteiger partial charge in [-0.05, 0) is 47.9 Å². The van der Waals surface area contributed by atoms with E-state index in [0.29, 0.717) is 12.1 Å². The second-order valence-corrected chi connectivity index (χ2v) is 8.75. The molecule has 162 valence electrons. The van der Waals surface area contributed by atoms with Crippen LogP contribution in [-0.2, 0) is 11.2 Å². The van der Waals surface area contributed by atoms with Crippen LogP contribution >= 0.6 is 15.9 Å². The zero-order valence-corrected chi connectivity index (χ0v) is 18.0. The van der Waals surface area contributed by atoms with Gasteiger partial charge in [-0.15, -0.1) is 0 Å². The number of ether oxygens (including phenoxy) is 1. The maximum atomic E-state index is 10.7. The predicted molar refractivity (Wildman–Crippen MR) is 118 cm³/mol. The van der Waals surface area contributed by atoms with Gasteiger partial charge < -0.3 is 34.6 Å². The first-order valence-corrected chi connectivity index (χ1v) is 10.8. The van der Waals surface area contributed by atoms with Gasteiger partial charge in [-0.25, -0.2) is 0 Å². The number of fused-ring (bicyclic) bond motifs is 2. The molecule has 0 unspecified atom stereocenters. The zero-order chi connectivity index (χ0) is 21.7. The minimum absolute atomic E-state index is 0.474. The number of halogens is 1. The van der Waals surface area contributed by atoms with Crippen molar-refractivity contribution in [3.8, 4) is 0 Å². The molecule has 8 heteroatoms. The number of H-pyrrole nitrogens is 1. The van der Waals surface area contributed by atoms with Crippen LogP contribution in [0.15, 0.2) is 57.6 Å². The monoisotopic (exact) mass is 487 g/mol. The van der Waals surface area contributed by atoms with E-state index < -0.39 is 37.1 Å². The van der Waals surface area contributed by atoms with Gasteiger partial charge in [0, 0.05) is 20.8 Å². The fourth-order valence-electron chi connectivity index (χ4n) is 4.39. The summed E-state index contributed by atoms with van der Waals surface area (Å²) in [4.78, 5) is 3.33. The van der Waals surface area contributed by atoms with Crippen LogP contribution in [-0.4, -0.2) is 56.4 Å². The number of nitrogens with one attached hydrogen (secondary N) is 1. The summed E-state index contributed by atoms with van der Waals surface area (Å²) in [6.45, 7) is -0.474. The first-order valence-electron chi connectivity index (χ1n) is 10.0. The highest BCUT2D eigenvalue weighted by molar-refractivity contribution is 9.10. The maximum Gasteiger partial charge on any atom is 0.133 e. The molecule has 0 saturated carbocycles. The summed E-state index contributed by atoms with van der Waals surface area (Å²) in [5, 5.41) is 42.7. The van der Waals surface area contributed by atoms with Gasteiger partial charge >= 0.3 is 0 Å². The lowest BCUT2D eigenvalue weighted by molar-refractivity contribution is -0.232. The predicted octanol–water partition coefficient (Wildman–Crippen LogP) is 2.78. The molecule has 0 amide bonds. The Hall–Kier alpha value is -2.20. The van der Waals surface area contributed by atoms with E-state index in [2.05, 4.69) is 20.9 Å². The van der Waals surface area contributed by atoms with Crippen LogP contribution in [0, 0.1) is 0 Å². The quantitative estimate of drug-likeness (QED) is 0.302. The van der Waals surface area contributed by atoms with E-state index in [9.17, 15) is 20.4 Å². The highest BCUT2D eigenvalue weighted by Gasteiger charge is 2.45. The molecule has 0 bridgehead atoms. The van der Waals surface area contributed by atoms with Crippen LogP contribution in [0.2, 0.25) is 0 Å². The fraction of sp³-hybridized carbons (Fsp3) is 0.304. The van der Waals surface area contributed by atoms with Gasteiger partial charge in [-0.2, -0.15) is 0 Å². The van der Waals surface area contributed by atoms with Gasteiger partial charge in [0.2, 0.25) is 0 Å². The first kappa shape index (κ1) is 20.7. The van der Waals surface area contributed by atoms with Gasteiger partial charge in [0.1, 0.15) is 36.1 Å². The summed E-state index contributed by atoms with van der Waals surface area (Å²) in [5.74, 6) is 0. The third-order valence-corrected chi connectivity index (χ3v) is 6.65. The average Bonchev–Trinajstić information content (AvgIpc) is 3.37. The van der Waals surface area contributed by atoms with Crippen LogP contribution in [0.25, 0.3) is 21.9 Å². The Morgan fingerprint density at radius 3 is 2.65 bits per heavy atom. The highest BCUT2D eigenvalue weighted by Crippen LogP contribution is 2.39. The number of aliphatic hydroxyl groups is 4. The van der Waals surface area contributed by atoms with Gasteiger partial charge in [0.15, 0.2) is 0 Å². The number of furan rings is 1. The second kappa shape index (κ2) is 8.05. The molecule has 1 aliphatic rings. The van der Waals surface area contributed by atoms with E-state index in [-0.39, 0.29) is 0 Å². The topological polar surface area (TPSA) is 119 Å². The standard InChI is InChI=1S/C23H22BrNO6/c24-14-2-1-3-15-18(14)13(9-11-4-5-16-12(8-11)6-7-30-16)19(25-15)23-22(29)21(28)20(27)17(10-26)31-23/h1-8,17,20-23,25-29H,9-10H2/t17-,20-,21+,22-,23+/m1/s1. The Morgan fingerprint density at radius 1 is 1.00 bits per heavy atom. The first-order chi connectivity index (χ1) is 15.0. The Labute approximate surface area is 186 Å². The lowest BCUT2D eigenvalue weighted by Crippen LogP contribution is -2.55. The Bertz CT molecular complexity index is 1230. The molecule has 5 N–H and O–H groups in total. The summed E-state index contributed by atoms with van der Waals surface area (Å²) < 4.78 is 12.2. The summed E-state index contributed by atoms with van der Waals surface area (Å²) in [5.41, 5.74) is 4.19. The van der Waals surface area contributed by atoms with Crippen molar-refractivity contribution in [3.63, 3.8) is 0 Å². The molecule has 1 saturated heterocycles. The Morgan fingerprint density at radius 2 is 1.84 bits per heavy atom. The average molecular weight is 488 g/mol. The summed E-state index contributed by atoms with van der Waals surface area (Å²) in [6.07, 6.45) is -3.94. The van der Waals surface area contributed by atoms with Crippen molar-refractivity contribution in [2.24, 2.45) is 0 Å². The van der Waals surface area contributed by atoms with Crippen LogP contribution in [0.1, 0.15) is 22.9 Å². The molecule has 1 fully saturated rings. The van der Waals surface area contributed by atoms with E-state index >= 15 is 0 Å². The molecule has 1 aliphatic heterocycles. The summed E-state index contributed by atoms with van der Waals surface area (Å²) in [7, 11) is 0. The van der Waals surface area contributed by atoms with Crippen molar-refractivity contribution in [3.05, 3.63) is 70.0 Å². The van der Waals surface area contributed by atoms with Crippen molar-refractivity contribution in [1.82, 2.24) is 4.98 Å². The van der Waals surface area contributed by atoms with E-state index in [1.807, 2.05) is 42.5 Å². The smallest absolute Gasteiger partial charge is 0.133 e. The number of aromatic amines is 1. The summed E-state index contributed by atoms with van der Waals surface area (Å²) in [6, 6.07) is 13.6. The van der Waals surface area contributed by atoms with Crippen molar-refractivity contribution in [1.29, 1.82) is 0 Å². The molecule has 0 spiro atoms. The molecule has 5 atom stereocenters. The molecule has 0 aliphatic carbocycles. The minimum Gasteiger partial charge on any atom is -0.464 e. The van der Waals surface area contributed by atoms with Crippen LogP contribution < -0.4 is 0 Å². The van der Waals surface area contributed by atoms with Crippen LogP contribution in [0.4, 0.5) is 0 Å². The van der Waals surface area contributed by atoms with Gasteiger partial charge in [-0.1, -0.05) is 28.1 Å². The van der Waals surface area contributed by atoms with Crippen molar-refractivity contribution >= 4 is 37.8 Å². The number of benzene rings is 2. The molecule has 7 nitrogen and oxygen atoms in total. The number of hydrogen-bond donors (Lipinski definition) is 5. The van der Waals surface area contributed by atoms with E-state index in [0.717, 1.165) is 37.5 Å². The Kier molecular flexibility index (Phi) is 5.37. The lowest BCUT2D eigenvalue weighted by Gasteiger charge is -2.40. The second-order valence-electron chi connectivity index (χ2n) is 7.90. The van der Waals surface area contributed by atoms with Crippen molar-refractivity contribution in [2.45, 2.75) is 36.9 Å². The highest BCUT2D eigenvalue weighted by atomic mass is 79.9. The van der Waals surface area contributed by atoms with E-state index in [1.165, 1.54) is 0 Å². The minimum atomic E-state index is -1.44. The Balaban J connectivity index is 1.63. The SMILES string of the molecule is OC[C@H]1O[C@@H](c2[nH]c3cccc(Br)c3c2Cc2ccc3occc3c2)[C@H](O)[C@@H](O)[C@@H]1O. The number of rotatable bonds is 4. The molecule has 0 radical (unpaired) electrons. The zero-order valence-electron chi connectivity index (χ0n) is 16.4. The molecule has 31 heavy (non-hydrogen) atoms.